The number of carbonyl (C=O) groups excluding carboxylic acids is 1. The summed E-state index contributed by atoms with van der Waals surface area (Å²) >= 11 is 0. The molecule has 0 fully saturated rings. The molecule has 2 N–H and O–H groups in total. The van der Waals surface area contributed by atoms with Crippen molar-refractivity contribution in [3.8, 4) is 0 Å². The molecule has 1 atom stereocenters. The molecular weight excluding hydrogens is 342 g/mol. The van der Waals surface area contributed by atoms with E-state index in [1.54, 1.807) is 25.1 Å². The van der Waals surface area contributed by atoms with E-state index in [1.807, 2.05) is 0 Å². The van der Waals surface area contributed by atoms with Gasteiger partial charge in [0.25, 0.3) is 0 Å². The Bertz CT molecular complexity index is 853. The molecule has 1 unspecified atom stereocenters. The molecule has 0 amide bonds. The third-order valence-electron chi connectivity index (χ3n) is 3.87. The molecule has 2 aromatic rings. The first-order valence-electron chi connectivity index (χ1n) is 7.95. The number of fused-ring (bicyclic) bond motifs is 1. The zero-order valence-corrected chi connectivity index (χ0v) is 16.4. The maximum Gasteiger partial charge on any atom is 0.240 e. The predicted molar refractivity (Wildman–Crippen MR) is 99.6 cm³/mol. The summed E-state index contributed by atoms with van der Waals surface area (Å²) in [6.45, 7) is 8.17. The van der Waals surface area contributed by atoms with E-state index in [4.69, 9.17) is 5.73 Å². The molecule has 2 rings (SSSR count). The predicted octanol–water partition coefficient (Wildman–Crippen LogP) is 1.93. The summed E-state index contributed by atoms with van der Waals surface area (Å²) in [6.07, 6.45) is 1.11. The first-order chi connectivity index (χ1) is 11.0. The third-order valence-corrected chi connectivity index (χ3v) is 7.72. The van der Waals surface area contributed by atoms with Gasteiger partial charge in [-0.25, -0.2) is 17.4 Å². The summed E-state index contributed by atoms with van der Waals surface area (Å²) in [7, 11) is -4.90. The largest absolute Gasteiger partial charge is 0.321 e. The lowest BCUT2D eigenvalue weighted by atomic mass is 10.1. The van der Waals surface area contributed by atoms with Crippen molar-refractivity contribution in [1.29, 1.82) is 0 Å². The Morgan fingerprint density at radius 2 is 2.00 bits per heavy atom. The van der Waals surface area contributed by atoms with E-state index in [-0.39, 0.29) is 5.75 Å². The minimum absolute atomic E-state index is 0.132. The van der Waals surface area contributed by atoms with Crippen LogP contribution in [0.5, 0.6) is 0 Å². The standard InChI is InChI=1S/C16H25N3O3SSi/c1-12-18-15-10-13(9-14(17)11-20)5-6-16(15)19(12)23(21,22)7-8-24(2,3)4/h5-6,10-11,14H,7-9,17H2,1-4H3. The van der Waals surface area contributed by atoms with Gasteiger partial charge >= 0.3 is 0 Å². The highest BCUT2D eigenvalue weighted by Gasteiger charge is 2.24. The highest BCUT2D eigenvalue weighted by molar-refractivity contribution is 7.90. The van der Waals surface area contributed by atoms with Crippen LogP contribution >= 0.6 is 0 Å². The second-order valence-corrected chi connectivity index (χ2v) is 14.9. The average Bonchev–Trinajstić information content (AvgIpc) is 2.80. The van der Waals surface area contributed by atoms with E-state index in [9.17, 15) is 13.2 Å². The normalized spacial score (nSPS) is 14.0. The topological polar surface area (TPSA) is 95.0 Å². The molecule has 1 aromatic heterocycles. The highest BCUT2D eigenvalue weighted by atomic mass is 32.2. The van der Waals surface area contributed by atoms with Crippen LogP contribution in [0.4, 0.5) is 0 Å². The van der Waals surface area contributed by atoms with Crippen molar-refractivity contribution in [3.05, 3.63) is 29.6 Å². The van der Waals surface area contributed by atoms with Gasteiger partial charge in [-0.15, -0.1) is 0 Å². The number of nitrogens with zero attached hydrogens (tertiary/aromatic N) is 2. The summed E-state index contributed by atoms with van der Waals surface area (Å²) < 4.78 is 26.9. The Morgan fingerprint density at radius 3 is 2.58 bits per heavy atom. The molecule has 8 heteroatoms. The SMILES string of the molecule is Cc1nc2cc(CC(N)C=O)ccc2n1S(=O)(=O)CC[Si](C)(C)C. The minimum Gasteiger partial charge on any atom is -0.321 e. The number of hydrogen-bond acceptors (Lipinski definition) is 5. The van der Waals surface area contributed by atoms with Gasteiger partial charge in [0.2, 0.25) is 10.0 Å². The van der Waals surface area contributed by atoms with E-state index in [2.05, 4.69) is 24.6 Å². The van der Waals surface area contributed by atoms with E-state index in [0.717, 1.165) is 5.56 Å². The van der Waals surface area contributed by atoms with Crippen molar-refractivity contribution >= 4 is 35.4 Å². The van der Waals surface area contributed by atoms with Gasteiger partial charge < -0.3 is 10.5 Å². The van der Waals surface area contributed by atoms with Gasteiger partial charge in [0.1, 0.15) is 12.1 Å². The van der Waals surface area contributed by atoms with Crippen LogP contribution in [0.1, 0.15) is 11.4 Å². The minimum atomic E-state index is -3.44. The fraction of sp³-hybridized carbons (Fsp3) is 0.500. The van der Waals surface area contributed by atoms with Gasteiger partial charge in [0.15, 0.2) is 0 Å². The van der Waals surface area contributed by atoms with Gasteiger partial charge in [0.05, 0.1) is 22.8 Å². The molecule has 0 saturated carbocycles. The number of benzene rings is 1. The van der Waals surface area contributed by atoms with Crippen LogP contribution in [-0.2, 0) is 21.2 Å². The number of carbonyl (C=O) groups is 1. The second-order valence-electron chi connectivity index (χ2n) is 7.38. The molecule has 0 saturated heterocycles. The first kappa shape index (κ1) is 18.8. The van der Waals surface area contributed by atoms with Crippen molar-refractivity contribution in [2.75, 3.05) is 5.75 Å². The number of nitrogens with two attached hydrogens (primary N) is 1. The van der Waals surface area contributed by atoms with E-state index >= 15 is 0 Å². The van der Waals surface area contributed by atoms with E-state index in [0.29, 0.717) is 35.6 Å². The Balaban J connectivity index is 2.41. The van der Waals surface area contributed by atoms with Gasteiger partial charge in [-0.3, -0.25) is 0 Å². The van der Waals surface area contributed by atoms with E-state index < -0.39 is 24.1 Å². The average molecular weight is 368 g/mol. The zero-order chi connectivity index (χ0) is 18.1. The number of aldehydes is 1. The monoisotopic (exact) mass is 367 g/mol. The number of hydrogen-bond donors (Lipinski definition) is 1. The van der Waals surface area contributed by atoms with Crippen LogP contribution < -0.4 is 5.73 Å². The molecule has 24 heavy (non-hydrogen) atoms. The molecule has 0 aliphatic rings. The van der Waals surface area contributed by atoms with E-state index in [1.165, 1.54) is 3.97 Å². The molecule has 0 bridgehead atoms. The highest BCUT2D eigenvalue weighted by Crippen LogP contribution is 2.22. The van der Waals surface area contributed by atoms with Crippen molar-refractivity contribution in [3.63, 3.8) is 0 Å². The van der Waals surface area contributed by atoms with Crippen LogP contribution in [0.25, 0.3) is 11.0 Å². The number of aryl methyl sites for hydroxylation is 1. The lowest BCUT2D eigenvalue weighted by molar-refractivity contribution is -0.108. The van der Waals surface area contributed by atoms with Crippen molar-refractivity contribution in [2.24, 2.45) is 5.73 Å². The zero-order valence-electron chi connectivity index (χ0n) is 14.6. The number of rotatable bonds is 7. The molecule has 1 aromatic carbocycles. The van der Waals surface area contributed by atoms with Crippen LogP contribution in [0.2, 0.25) is 25.7 Å². The quantitative estimate of drug-likeness (QED) is 0.596. The molecular formula is C16H25N3O3SSi. The Labute approximate surface area is 144 Å². The second kappa shape index (κ2) is 6.77. The summed E-state index contributed by atoms with van der Waals surface area (Å²) in [6, 6.07) is 5.49. The Morgan fingerprint density at radius 1 is 1.33 bits per heavy atom. The van der Waals surface area contributed by atoms with Crippen molar-refractivity contribution in [2.45, 2.75) is 45.1 Å². The summed E-state index contributed by atoms with van der Waals surface area (Å²) in [4.78, 5) is 15.1. The van der Waals surface area contributed by atoms with Crippen molar-refractivity contribution in [1.82, 2.24) is 8.96 Å². The van der Waals surface area contributed by atoms with Gasteiger partial charge in [-0.1, -0.05) is 25.7 Å². The summed E-state index contributed by atoms with van der Waals surface area (Å²) in [5.41, 5.74) is 7.70. The molecule has 0 radical (unpaired) electrons. The van der Waals surface area contributed by atoms with Crippen LogP contribution in [0.15, 0.2) is 18.2 Å². The summed E-state index contributed by atoms with van der Waals surface area (Å²) in [5, 5.41) is 0. The Hall–Kier alpha value is -1.51. The number of aromatic nitrogens is 2. The molecule has 1 heterocycles. The maximum absolute atomic E-state index is 12.8. The third kappa shape index (κ3) is 4.31. The van der Waals surface area contributed by atoms with Gasteiger partial charge in [0, 0.05) is 8.07 Å². The fourth-order valence-electron chi connectivity index (χ4n) is 2.55. The van der Waals surface area contributed by atoms with Crippen molar-refractivity contribution < 1.29 is 13.2 Å². The van der Waals surface area contributed by atoms with Crippen LogP contribution in [0.3, 0.4) is 0 Å². The molecule has 0 spiro atoms. The summed E-state index contributed by atoms with van der Waals surface area (Å²) in [5.74, 6) is 0.588. The molecule has 0 aliphatic heterocycles. The molecule has 6 nitrogen and oxygen atoms in total. The van der Waals surface area contributed by atoms with Crippen LogP contribution in [0, 0.1) is 6.92 Å². The number of imidazole rings is 1. The smallest absolute Gasteiger partial charge is 0.240 e. The fourth-order valence-corrected chi connectivity index (χ4v) is 7.11. The molecule has 132 valence electrons. The lowest BCUT2D eigenvalue weighted by Crippen LogP contribution is -2.27. The maximum atomic E-state index is 12.8. The van der Waals surface area contributed by atoms with Crippen LogP contribution in [-0.4, -0.2) is 43.5 Å². The first-order valence-corrected chi connectivity index (χ1v) is 13.3. The van der Waals surface area contributed by atoms with Gasteiger partial charge in [-0.2, -0.15) is 0 Å². The van der Waals surface area contributed by atoms with Gasteiger partial charge in [-0.05, 0) is 37.1 Å². The Kier molecular flexibility index (Phi) is 5.31. The lowest BCUT2D eigenvalue weighted by Gasteiger charge is -2.16. The molecule has 0 aliphatic carbocycles.